The summed E-state index contributed by atoms with van der Waals surface area (Å²) >= 11 is 0. The Hall–Kier alpha value is 0.170. The first kappa shape index (κ1) is 14.2. The fourth-order valence-corrected chi connectivity index (χ4v) is 2.87. The standard InChI is InChI=1S/C12H24N2O.ClH/c1-14(9-11-6-12(15)7-11)8-10-2-4-13-5-3-10;/h10-13,15H,2-9H2,1H3;1H. The molecule has 0 aromatic carbocycles. The highest BCUT2D eigenvalue weighted by Gasteiger charge is 2.28. The molecule has 2 rings (SSSR count). The normalized spacial score (nSPS) is 30.9. The molecule has 1 heterocycles. The van der Waals surface area contributed by atoms with E-state index in [4.69, 9.17) is 0 Å². The first-order chi connectivity index (χ1) is 7.24. The molecule has 0 amide bonds. The van der Waals surface area contributed by atoms with Crippen molar-refractivity contribution in [3.63, 3.8) is 0 Å². The van der Waals surface area contributed by atoms with Crippen LogP contribution < -0.4 is 5.32 Å². The smallest absolute Gasteiger partial charge is 0.0546 e. The Morgan fingerprint density at radius 1 is 1.12 bits per heavy atom. The molecule has 0 aromatic heterocycles. The van der Waals surface area contributed by atoms with Gasteiger partial charge < -0.3 is 15.3 Å². The highest BCUT2D eigenvalue weighted by molar-refractivity contribution is 5.85. The van der Waals surface area contributed by atoms with E-state index in [1.165, 1.54) is 39.0 Å². The van der Waals surface area contributed by atoms with Gasteiger partial charge in [-0.25, -0.2) is 0 Å². The molecule has 16 heavy (non-hydrogen) atoms. The first-order valence-corrected chi connectivity index (χ1v) is 6.31. The topological polar surface area (TPSA) is 35.5 Å². The van der Waals surface area contributed by atoms with E-state index in [1.807, 2.05) is 0 Å². The number of nitrogens with one attached hydrogen (secondary N) is 1. The number of piperidine rings is 1. The zero-order valence-corrected chi connectivity index (χ0v) is 11.0. The molecule has 0 unspecified atom stereocenters. The van der Waals surface area contributed by atoms with Gasteiger partial charge in [0.25, 0.3) is 0 Å². The third-order valence-electron chi connectivity index (χ3n) is 3.81. The minimum absolute atomic E-state index is 0. The fraction of sp³-hybridized carbons (Fsp3) is 1.00. The summed E-state index contributed by atoms with van der Waals surface area (Å²) in [6.07, 6.45) is 4.71. The lowest BCUT2D eigenvalue weighted by Crippen LogP contribution is -2.40. The van der Waals surface area contributed by atoms with Gasteiger partial charge in [0, 0.05) is 13.1 Å². The van der Waals surface area contributed by atoms with Crippen molar-refractivity contribution in [1.82, 2.24) is 10.2 Å². The van der Waals surface area contributed by atoms with Crippen LogP contribution in [0.4, 0.5) is 0 Å². The fourth-order valence-electron chi connectivity index (χ4n) is 2.87. The highest BCUT2D eigenvalue weighted by Crippen LogP contribution is 2.28. The zero-order valence-electron chi connectivity index (χ0n) is 10.2. The van der Waals surface area contributed by atoms with Gasteiger partial charge in [0.1, 0.15) is 0 Å². The lowest BCUT2D eigenvalue weighted by molar-refractivity contribution is 0.0257. The molecule has 2 fully saturated rings. The minimum Gasteiger partial charge on any atom is -0.393 e. The SMILES string of the molecule is CN(CC1CCNCC1)CC1CC(O)C1.Cl. The number of hydrogen-bond acceptors (Lipinski definition) is 3. The van der Waals surface area contributed by atoms with Gasteiger partial charge in [-0.05, 0) is 57.7 Å². The third-order valence-corrected chi connectivity index (χ3v) is 3.81. The molecular formula is C12H25ClN2O. The maximum atomic E-state index is 9.23. The van der Waals surface area contributed by atoms with Crippen molar-refractivity contribution in [1.29, 1.82) is 0 Å². The molecule has 4 heteroatoms. The summed E-state index contributed by atoms with van der Waals surface area (Å²) in [5.41, 5.74) is 0. The molecule has 1 aliphatic carbocycles. The van der Waals surface area contributed by atoms with Crippen LogP contribution in [0.3, 0.4) is 0 Å². The number of aliphatic hydroxyl groups is 1. The van der Waals surface area contributed by atoms with Crippen molar-refractivity contribution in [3.8, 4) is 0 Å². The predicted octanol–water partition coefficient (Wildman–Crippen LogP) is 1.11. The van der Waals surface area contributed by atoms with Gasteiger partial charge >= 0.3 is 0 Å². The van der Waals surface area contributed by atoms with Crippen molar-refractivity contribution in [3.05, 3.63) is 0 Å². The summed E-state index contributed by atoms with van der Waals surface area (Å²) in [4.78, 5) is 2.46. The van der Waals surface area contributed by atoms with Crippen molar-refractivity contribution in [2.75, 3.05) is 33.2 Å². The second kappa shape index (κ2) is 6.80. The molecule has 0 spiro atoms. The van der Waals surface area contributed by atoms with Gasteiger partial charge in [0.05, 0.1) is 6.10 Å². The third kappa shape index (κ3) is 4.21. The van der Waals surface area contributed by atoms with Gasteiger partial charge in [-0.3, -0.25) is 0 Å². The van der Waals surface area contributed by atoms with Gasteiger partial charge in [0.15, 0.2) is 0 Å². The summed E-state index contributed by atoms with van der Waals surface area (Å²) in [5.74, 6) is 1.65. The minimum atomic E-state index is 0. The van der Waals surface area contributed by atoms with E-state index in [0.29, 0.717) is 0 Å². The molecule has 0 bridgehead atoms. The molecule has 2 aliphatic rings. The number of halogens is 1. The van der Waals surface area contributed by atoms with Crippen LogP contribution >= 0.6 is 12.4 Å². The van der Waals surface area contributed by atoms with E-state index >= 15 is 0 Å². The largest absolute Gasteiger partial charge is 0.393 e. The van der Waals surface area contributed by atoms with Crippen molar-refractivity contribution < 1.29 is 5.11 Å². The van der Waals surface area contributed by atoms with Crippen LogP contribution in [0.5, 0.6) is 0 Å². The maximum absolute atomic E-state index is 9.23. The van der Waals surface area contributed by atoms with Crippen LogP contribution in [-0.4, -0.2) is 49.3 Å². The van der Waals surface area contributed by atoms with Crippen LogP contribution in [-0.2, 0) is 0 Å². The molecule has 0 radical (unpaired) electrons. The Morgan fingerprint density at radius 2 is 1.69 bits per heavy atom. The van der Waals surface area contributed by atoms with Crippen LogP contribution in [0.1, 0.15) is 25.7 Å². The van der Waals surface area contributed by atoms with Crippen molar-refractivity contribution >= 4 is 12.4 Å². The Bertz CT molecular complexity index is 191. The Balaban J connectivity index is 0.00000128. The van der Waals surface area contributed by atoms with E-state index in [2.05, 4.69) is 17.3 Å². The van der Waals surface area contributed by atoms with Crippen LogP contribution in [0.25, 0.3) is 0 Å². The summed E-state index contributed by atoms with van der Waals surface area (Å²) in [5, 5.41) is 12.6. The lowest BCUT2D eigenvalue weighted by Gasteiger charge is -2.36. The van der Waals surface area contributed by atoms with Crippen LogP contribution in [0, 0.1) is 11.8 Å². The molecule has 0 aromatic rings. The van der Waals surface area contributed by atoms with Gasteiger partial charge in [-0.1, -0.05) is 0 Å². The summed E-state index contributed by atoms with van der Waals surface area (Å²) in [6.45, 7) is 4.82. The maximum Gasteiger partial charge on any atom is 0.0546 e. The average Bonchev–Trinajstić information content (AvgIpc) is 2.17. The van der Waals surface area contributed by atoms with E-state index in [9.17, 15) is 5.11 Å². The molecule has 1 aliphatic heterocycles. The summed E-state index contributed by atoms with van der Waals surface area (Å²) in [6, 6.07) is 0. The van der Waals surface area contributed by atoms with Crippen LogP contribution in [0.15, 0.2) is 0 Å². The second-order valence-electron chi connectivity index (χ2n) is 5.41. The Kier molecular flexibility index (Phi) is 6.05. The second-order valence-corrected chi connectivity index (χ2v) is 5.41. The number of nitrogens with zero attached hydrogens (tertiary/aromatic N) is 1. The molecule has 2 N–H and O–H groups in total. The zero-order chi connectivity index (χ0) is 10.7. The Labute approximate surface area is 105 Å². The van der Waals surface area contributed by atoms with E-state index in [1.54, 1.807) is 0 Å². The summed E-state index contributed by atoms with van der Waals surface area (Å²) < 4.78 is 0. The molecule has 96 valence electrons. The Morgan fingerprint density at radius 3 is 2.25 bits per heavy atom. The first-order valence-electron chi connectivity index (χ1n) is 6.31. The quantitative estimate of drug-likeness (QED) is 0.783. The number of hydrogen-bond donors (Lipinski definition) is 2. The lowest BCUT2D eigenvalue weighted by atomic mass is 9.82. The molecule has 1 saturated carbocycles. The number of aliphatic hydroxyl groups excluding tert-OH is 1. The van der Waals surface area contributed by atoms with E-state index in [-0.39, 0.29) is 18.5 Å². The molecule has 0 atom stereocenters. The molecular weight excluding hydrogens is 224 g/mol. The van der Waals surface area contributed by atoms with Gasteiger partial charge in [-0.15, -0.1) is 12.4 Å². The highest BCUT2D eigenvalue weighted by atomic mass is 35.5. The van der Waals surface area contributed by atoms with Crippen molar-refractivity contribution in [2.45, 2.75) is 31.8 Å². The number of rotatable bonds is 4. The van der Waals surface area contributed by atoms with E-state index < -0.39 is 0 Å². The summed E-state index contributed by atoms with van der Waals surface area (Å²) in [7, 11) is 2.23. The predicted molar refractivity (Wildman–Crippen MR) is 69.1 cm³/mol. The molecule has 1 saturated heterocycles. The van der Waals surface area contributed by atoms with Crippen molar-refractivity contribution in [2.24, 2.45) is 11.8 Å². The van der Waals surface area contributed by atoms with E-state index in [0.717, 1.165) is 24.7 Å². The van der Waals surface area contributed by atoms with Crippen LogP contribution in [0.2, 0.25) is 0 Å². The monoisotopic (exact) mass is 248 g/mol. The van der Waals surface area contributed by atoms with Gasteiger partial charge in [-0.2, -0.15) is 0 Å². The van der Waals surface area contributed by atoms with Gasteiger partial charge in [0.2, 0.25) is 0 Å². The molecule has 3 nitrogen and oxygen atoms in total. The average molecular weight is 249 g/mol.